The second kappa shape index (κ2) is 7.10. The van der Waals surface area contributed by atoms with Crippen LogP contribution in [0.3, 0.4) is 0 Å². The summed E-state index contributed by atoms with van der Waals surface area (Å²) in [4.78, 5) is 12.1. The van der Waals surface area contributed by atoms with Gasteiger partial charge in [-0.2, -0.15) is 0 Å². The molecule has 3 aromatic carbocycles. The molecule has 23 heavy (non-hydrogen) atoms. The van der Waals surface area contributed by atoms with Crippen molar-refractivity contribution < 1.29 is 9.53 Å². The Balaban J connectivity index is 1.66. The Hall–Kier alpha value is -2.61. The fraction of sp³-hybridized carbons (Fsp3) is 0.190. The second-order valence-electron chi connectivity index (χ2n) is 5.69. The van der Waals surface area contributed by atoms with E-state index in [0.29, 0.717) is 12.8 Å². The lowest BCUT2D eigenvalue weighted by Gasteiger charge is -2.16. The molecule has 0 aromatic heterocycles. The van der Waals surface area contributed by atoms with Gasteiger partial charge >= 0.3 is 5.97 Å². The second-order valence-corrected chi connectivity index (χ2v) is 5.69. The molecule has 0 aliphatic heterocycles. The molecule has 0 bridgehead atoms. The van der Waals surface area contributed by atoms with E-state index >= 15 is 0 Å². The highest BCUT2D eigenvalue weighted by Crippen LogP contribution is 2.26. The normalized spacial score (nSPS) is 12.0. The zero-order valence-corrected chi connectivity index (χ0v) is 13.2. The molecule has 0 fully saturated rings. The molecule has 0 radical (unpaired) electrons. The number of carbonyl (C=O) groups is 1. The van der Waals surface area contributed by atoms with Gasteiger partial charge in [0.1, 0.15) is 6.10 Å². The lowest BCUT2D eigenvalue weighted by atomic mass is 10.0. The topological polar surface area (TPSA) is 26.3 Å². The van der Waals surface area contributed by atoms with E-state index in [1.165, 1.54) is 0 Å². The van der Waals surface area contributed by atoms with Crippen molar-refractivity contribution in [2.45, 2.75) is 25.9 Å². The van der Waals surface area contributed by atoms with Crippen molar-refractivity contribution in [1.82, 2.24) is 0 Å². The molecule has 1 atom stereocenters. The quantitative estimate of drug-likeness (QED) is 0.615. The Morgan fingerprint density at radius 2 is 1.61 bits per heavy atom. The van der Waals surface area contributed by atoms with E-state index in [1.807, 2.05) is 61.5 Å². The maximum absolute atomic E-state index is 12.1. The van der Waals surface area contributed by atoms with Gasteiger partial charge < -0.3 is 4.74 Å². The minimum atomic E-state index is -0.246. The van der Waals surface area contributed by atoms with Crippen molar-refractivity contribution in [3.63, 3.8) is 0 Å². The molecule has 0 aliphatic rings. The van der Waals surface area contributed by atoms with Gasteiger partial charge in [0.25, 0.3) is 0 Å². The van der Waals surface area contributed by atoms with E-state index in [9.17, 15) is 4.79 Å². The van der Waals surface area contributed by atoms with Crippen molar-refractivity contribution >= 4 is 16.7 Å². The van der Waals surface area contributed by atoms with E-state index in [4.69, 9.17) is 4.74 Å². The first-order valence-electron chi connectivity index (χ1n) is 7.95. The molecule has 0 heterocycles. The maximum atomic E-state index is 12.1. The van der Waals surface area contributed by atoms with Crippen LogP contribution in [0.2, 0.25) is 0 Å². The van der Waals surface area contributed by atoms with E-state index in [0.717, 1.165) is 21.9 Å². The largest absolute Gasteiger partial charge is 0.458 e. The minimum absolute atomic E-state index is 0.158. The highest BCUT2D eigenvalue weighted by Gasteiger charge is 2.14. The number of rotatable bonds is 5. The Morgan fingerprint density at radius 1 is 0.913 bits per heavy atom. The van der Waals surface area contributed by atoms with E-state index in [2.05, 4.69) is 18.2 Å². The van der Waals surface area contributed by atoms with Gasteiger partial charge in [0.2, 0.25) is 0 Å². The molecule has 2 nitrogen and oxygen atoms in total. The van der Waals surface area contributed by atoms with E-state index in [1.54, 1.807) is 0 Å². The molecule has 0 aliphatic carbocycles. The maximum Gasteiger partial charge on any atom is 0.306 e. The first-order valence-corrected chi connectivity index (χ1v) is 7.95. The Kier molecular flexibility index (Phi) is 4.72. The lowest BCUT2D eigenvalue weighted by molar-refractivity contribution is -0.148. The first-order chi connectivity index (χ1) is 11.2. The van der Waals surface area contributed by atoms with Crippen molar-refractivity contribution in [2.24, 2.45) is 0 Å². The third-order valence-corrected chi connectivity index (χ3v) is 4.03. The van der Waals surface area contributed by atoms with Crippen molar-refractivity contribution in [3.05, 3.63) is 83.9 Å². The average Bonchev–Trinajstić information content (AvgIpc) is 2.60. The molecule has 116 valence electrons. The third-order valence-electron chi connectivity index (χ3n) is 4.03. The molecular formula is C21H20O2. The van der Waals surface area contributed by atoms with Crippen molar-refractivity contribution in [3.8, 4) is 0 Å². The summed E-state index contributed by atoms with van der Waals surface area (Å²) in [5.41, 5.74) is 2.21. The summed E-state index contributed by atoms with van der Waals surface area (Å²) < 4.78 is 5.63. The van der Waals surface area contributed by atoms with Gasteiger partial charge in [0.15, 0.2) is 0 Å². The number of hydrogen-bond acceptors (Lipinski definition) is 2. The summed E-state index contributed by atoms with van der Waals surface area (Å²) in [5, 5.41) is 2.30. The summed E-state index contributed by atoms with van der Waals surface area (Å²) in [5.74, 6) is -0.158. The molecule has 0 amide bonds. The predicted octanol–water partition coefficient (Wildman–Crippen LogP) is 5.08. The van der Waals surface area contributed by atoms with Crippen molar-refractivity contribution in [1.29, 1.82) is 0 Å². The van der Waals surface area contributed by atoms with Gasteiger partial charge in [-0.3, -0.25) is 4.79 Å². The first kappa shape index (κ1) is 15.3. The van der Waals surface area contributed by atoms with Crippen LogP contribution in [0.5, 0.6) is 0 Å². The van der Waals surface area contributed by atoms with Crippen LogP contribution >= 0.6 is 0 Å². The van der Waals surface area contributed by atoms with Gasteiger partial charge in [-0.15, -0.1) is 0 Å². The summed E-state index contributed by atoms with van der Waals surface area (Å²) in [7, 11) is 0. The Bertz CT molecular complexity index is 788. The van der Waals surface area contributed by atoms with Crippen LogP contribution in [0.1, 0.15) is 30.6 Å². The molecule has 0 unspecified atom stereocenters. The standard InChI is InChI=1S/C21H20O2/c1-16(19-13-7-11-18-10-5-6-12-20(18)19)23-21(22)15-14-17-8-3-2-4-9-17/h2-13,16H,14-15H2,1H3/t16-/m1/s1. The minimum Gasteiger partial charge on any atom is -0.458 e. The molecular weight excluding hydrogens is 284 g/mol. The molecule has 3 aromatic rings. The van der Waals surface area contributed by atoms with E-state index < -0.39 is 0 Å². The van der Waals surface area contributed by atoms with Crippen LogP contribution in [0, 0.1) is 0 Å². The number of fused-ring (bicyclic) bond motifs is 1. The highest BCUT2D eigenvalue weighted by atomic mass is 16.5. The monoisotopic (exact) mass is 304 g/mol. The molecule has 0 spiro atoms. The van der Waals surface area contributed by atoms with Gasteiger partial charge in [-0.1, -0.05) is 72.8 Å². The molecule has 3 rings (SSSR count). The van der Waals surface area contributed by atoms with Crippen molar-refractivity contribution in [2.75, 3.05) is 0 Å². The fourth-order valence-electron chi connectivity index (χ4n) is 2.82. The van der Waals surface area contributed by atoms with Gasteiger partial charge in [0.05, 0.1) is 0 Å². The fourth-order valence-corrected chi connectivity index (χ4v) is 2.82. The smallest absolute Gasteiger partial charge is 0.306 e. The SMILES string of the molecule is C[C@@H](OC(=O)CCc1ccccc1)c1cccc2ccccc12. The van der Waals surface area contributed by atoms with Gasteiger partial charge in [0, 0.05) is 6.42 Å². The van der Waals surface area contributed by atoms with Crippen LogP contribution < -0.4 is 0 Å². The number of carbonyl (C=O) groups excluding carboxylic acids is 1. The van der Waals surface area contributed by atoms with Crippen LogP contribution in [0.25, 0.3) is 10.8 Å². The van der Waals surface area contributed by atoms with Gasteiger partial charge in [-0.05, 0) is 35.2 Å². The molecule has 0 saturated heterocycles. The Morgan fingerprint density at radius 3 is 2.43 bits per heavy atom. The summed E-state index contributed by atoms with van der Waals surface area (Å²) in [6.45, 7) is 1.93. The number of esters is 1. The zero-order chi connectivity index (χ0) is 16.1. The van der Waals surface area contributed by atoms with Crippen LogP contribution in [-0.2, 0) is 16.0 Å². The lowest BCUT2D eigenvalue weighted by Crippen LogP contribution is -2.10. The molecule has 0 saturated carbocycles. The summed E-state index contributed by atoms with van der Waals surface area (Å²) >= 11 is 0. The van der Waals surface area contributed by atoms with Crippen LogP contribution in [0.4, 0.5) is 0 Å². The van der Waals surface area contributed by atoms with Crippen LogP contribution in [-0.4, -0.2) is 5.97 Å². The average molecular weight is 304 g/mol. The third kappa shape index (κ3) is 3.78. The highest BCUT2D eigenvalue weighted by molar-refractivity contribution is 5.86. The number of hydrogen-bond donors (Lipinski definition) is 0. The summed E-state index contributed by atoms with van der Waals surface area (Å²) in [6.07, 6.45) is 0.866. The molecule has 0 N–H and O–H groups in total. The predicted molar refractivity (Wildman–Crippen MR) is 93.2 cm³/mol. The number of aryl methyl sites for hydroxylation is 1. The summed E-state index contributed by atoms with van der Waals surface area (Å²) in [6, 6.07) is 24.3. The van der Waals surface area contributed by atoms with Crippen LogP contribution in [0.15, 0.2) is 72.8 Å². The Labute approximate surface area is 136 Å². The van der Waals surface area contributed by atoms with E-state index in [-0.39, 0.29) is 12.1 Å². The number of benzene rings is 3. The van der Waals surface area contributed by atoms with Gasteiger partial charge in [-0.25, -0.2) is 0 Å². The molecule has 2 heteroatoms. The number of ether oxygens (including phenoxy) is 1. The zero-order valence-electron chi connectivity index (χ0n) is 13.2.